The zero-order chi connectivity index (χ0) is 17.3. The van der Waals surface area contributed by atoms with Gasteiger partial charge in [-0.2, -0.15) is 0 Å². The minimum Gasteiger partial charge on any atom is -0.442 e. The van der Waals surface area contributed by atoms with E-state index in [4.69, 9.17) is 9.47 Å². The van der Waals surface area contributed by atoms with E-state index in [1.807, 2.05) is 13.8 Å². The van der Waals surface area contributed by atoms with Crippen LogP contribution in [0.2, 0.25) is 0 Å². The van der Waals surface area contributed by atoms with Crippen LogP contribution in [0.3, 0.4) is 0 Å². The molecule has 0 N–H and O–H groups in total. The Bertz CT molecular complexity index is 439. The molecule has 2 amide bonds. The number of hydrogen-bond donors (Lipinski definition) is 0. The molecule has 126 valence electrons. The maximum atomic E-state index is 12.4. The van der Waals surface area contributed by atoms with Gasteiger partial charge in [-0.3, -0.25) is 0 Å². The molecule has 0 saturated heterocycles. The summed E-state index contributed by atoms with van der Waals surface area (Å²) in [7, 11) is 0. The number of nitrogens with zero attached hydrogens (tertiary/aromatic N) is 2. The van der Waals surface area contributed by atoms with Gasteiger partial charge >= 0.3 is 12.2 Å². The summed E-state index contributed by atoms with van der Waals surface area (Å²) in [6, 6.07) is 0. The van der Waals surface area contributed by atoms with E-state index in [9.17, 15) is 9.59 Å². The lowest BCUT2D eigenvalue weighted by Crippen LogP contribution is -2.55. The first-order valence-corrected chi connectivity index (χ1v) is 7.46. The van der Waals surface area contributed by atoms with Crippen LogP contribution >= 0.6 is 0 Å². The SMILES string of the molecule is CC1=C(C)CN(C(=O)OC(C)(C)C)N(C(=O)OC(C)(C)C)C1. The zero-order valence-corrected chi connectivity index (χ0v) is 14.9. The summed E-state index contributed by atoms with van der Waals surface area (Å²) < 4.78 is 10.8. The van der Waals surface area contributed by atoms with Crippen LogP contribution in [0, 0.1) is 0 Å². The topological polar surface area (TPSA) is 59.1 Å². The van der Waals surface area contributed by atoms with Gasteiger partial charge in [0.2, 0.25) is 0 Å². The second-order valence-corrected chi connectivity index (χ2v) is 7.64. The van der Waals surface area contributed by atoms with E-state index in [0.717, 1.165) is 11.1 Å². The molecule has 6 heteroatoms. The third-order valence-corrected chi connectivity index (χ3v) is 3.00. The van der Waals surface area contributed by atoms with Crippen molar-refractivity contribution in [2.24, 2.45) is 0 Å². The van der Waals surface area contributed by atoms with Crippen LogP contribution in [0.15, 0.2) is 11.1 Å². The molecular weight excluding hydrogens is 284 g/mol. The molecule has 0 fully saturated rings. The molecular formula is C16H28N2O4. The maximum Gasteiger partial charge on any atom is 0.429 e. The van der Waals surface area contributed by atoms with Gasteiger partial charge in [0, 0.05) is 0 Å². The molecule has 0 aromatic carbocycles. The van der Waals surface area contributed by atoms with E-state index in [-0.39, 0.29) is 0 Å². The Hall–Kier alpha value is -1.72. The van der Waals surface area contributed by atoms with E-state index in [2.05, 4.69) is 0 Å². The highest BCUT2D eigenvalue weighted by molar-refractivity contribution is 5.75. The van der Waals surface area contributed by atoms with Crippen molar-refractivity contribution in [3.8, 4) is 0 Å². The van der Waals surface area contributed by atoms with Gasteiger partial charge in [0.15, 0.2) is 0 Å². The summed E-state index contributed by atoms with van der Waals surface area (Å²) in [6.07, 6.45) is -1.10. The molecule has 1 rings (SSSR count). The summed E-state index contributed by atoms with van der Waals surface area (Å²) in [5, 5.41) is 2.61. The second kappa shape index (κ2) is 6.18. The Morgan fingerprint density at radius 1 is 0.773 bits per heavy atom. The van der Waals surface area contributed by atoms with E-state index >= 15 is 0 Å². The predicted molar refractivity (Wildman–Crippen MR) is 84.3 cm³/mol. The Labute approximate surface area is 133 Å². The first-order valence-electron chi connectivity index (χ1n) is 7.46. The number of ether oxygens (including phenoxy) is 2. The van der Waals surface area contributed by atoms with Gasteiger partial charge in [0.05, 0.1) is 13.1 Å². The summed E-state index contributed by atoms with van der Waals surface area (Å²) in [6.45, 7) is 15.3. The van der Waals surface area contributed by atoms with E-state index in [1.165, 1.54) is 10.0 Å². The molecule has 0 bridgehead atoms. The Kier molecular flexibility index (Phi) is 5.15. The van der Waals surface area contributed by atoms with Gasteiger partial charge in [0.1, 0.15) is 11.2 Å². The minimum atomic E-state index is -0.624. The van der Waals surface area contributed by atoms with E-state index < -0.39 is 23.4 Å². The highest BCUT2D eigenvalue weighted by Gasteiger charge is 2.35. The van der Waals surface area contributed by atoms with Gasteiger partial charge in [-0.15, -0.1) is 0 Å². The van der Waals surface area contributed by atoms with Gasteiger partial charge in [-0.1, -0.05) is 11.1 Å². The molecule has 0 spiro atoms. The summed E-state index contributed by atoms with van der Waals surface area (Å²) >= 11 is 0. The fraction of sp³-hybridized carbons (Fsp3) is 0.750. The Morgan fingerprint density at radius 3 is 1.27 bits per heavy atom. The van der Waals surface area contributed by atoms with E-state index in [0.29, 0.717) is 13.1 Å². The number of carbonyl (C=O) groups excluding carboxylic acids is 2. The lowest BCUT2D eigenvalue weighted by molar-refractivity contribution is -0.0596. The molecule has 0 unspecified atom stereocenters. The molecule has 6 nitrogen and oxygen atoms in total. The first-order chi connectivity index (χ1) is 9.80. The molecule has 0 atom stereocenters. The van der Waals surface area contributed by atoms with Crippen molar-refractivity contribution in [2.45, 2.75) is 66.6 Å². The molecule has 1 aliphatic rings. The molecule has 1 aliphatic heterocycles. The first kappa shape index (κ1) is 18.3. The van der Waals surface area contributed by atoms with Crippen LogP contribution in [0.4, 0.5) is 9.59 Å². The fourth-order valence-electron chi connectivity index (χ4n) is 1.85. The Balaban J connectivity index is 2.99. The van der Waals surface area contributed by atoms with Gasteiger partial charge in [0.25, 0.3) is 0 Å². The number of hydrazine groups is 1. The summed E-state index contributed by atoms with van der Waals surface area (Å²) in [4.78, 5) is 24.8. The number of rotatable bonds is 0. The van der Waals surface area contributed by atoms with Crippen molar-refractivity contribution in [3.05, 3.63) is 11.1 Å². The van der Waals surface area contributed by atoms with Crippen LogP contribution in [0.1, 0.15) is 55.4 Å². The van der Waals surface area contributed by atoms with Crippen molar-refractivity contribution in [1.82, 2.24) is 10.0 Å². The number of amides is 2. The standard InChI is InChI=1S/C16H28N2O4/c1-11-9-17(13(19)21-15(3,4)5)18(10-12(11)2)14(20)22-16(6,7)8/h9-10H2,1-8H3. The van der Waals surface area contributed by atoms with Crippen molar-refractivity contribution < 1.29 is 19.1 Å². The Morgan fingerprint density at radius 2 is 1.05 bits per heavy atom. The molecule has 0 aliphatic carbocycles. The molecule has 22 heavy (non-hydrogen) atoms. The number of hydrogen-bond acceptors (Lipinski definition) is 4. The van der Waals surface area contributed by atoms with Gasteiger partial charge in [-0.25, -0.2) is 19.6 Å². The number of carbonyl (C=O) groups is 2. The fourth-order valence-corrected chi connectivity index (χ4v) is 1.85. The maximum absolute atomic E-state index is 12.4. The van der Waals surface area contributed by atoms with Crippen molar-refractivity contribution >= 4 is 12.2 Å². The molecule has 0 radical (unpaired) electrons. The molecule has 0 aromatic heterocycles. The van der Waals surface area contributed by atoms with Gasteiger partial charge < -0.3 is 9.47 Å². The largest absolute Gasteiger partial charge is 0.442 e. The molecule has 1 heterocycles. The molecule has 0 aromatic rings. The highest BCUT2D eigenvalue weighted by Crippen LogP contribution is 2.22. The predicted octanol–water partition coefficient (Wildman–Crippen LogP) is 3.73. The monoisotopic (exact) mass is 312 g/mol. The van der Waals surface area contributed by atoms with Crippen molar-refractivity contribution in [1.29, 1.82) is 0 Å². The minimum absolute atomic E-state index is 0.319. The summed E-state index contributed by atoms with van der Waals surface area (Å²) in [5.41, 5.74) is 0.845. The van der Waals surface area contributed by atoms with Crippen LogP contribution in [0.25, 0.3) is 0 Å². The highest BCUT2D eigenvalue weighted by atomic mass is 16.6. The third-order valence-electron chi connectivity index (χ3n) is 3.00. The average molecular weight is 312 g/mol. The van der Waals surface area contributed by atoms with Crippen LogP contribution in [-0.4, -0.2) is 46.5 Å². The smallest absolute Gasteiger partial charge is 0.429 e. The van der Waals surface area contributed by atoms with Crippen LogP contribution in [-0.2, 0) is 9.47 Å². The molecule has 0 saturated carbocycles. The van der Waals surface area contributed by atoms with Crippen molar-refractivity contribution in [3.63, 3.8) is 0 Å². The lowest BCUT2D eigenvalue weighted by atomic mass is 10.1. The quantitative estimate of drug-likeness (QED) is 0.640. The zero-order valence-electron chi connectivity index (χ0n) is 14.9. The summed E-state index contributed by atoms with van der Waals surface area (Å²) in [5.74, 6) is 0. The lowest BCUT2D eigenvalue weighted by Gasteiger charge is -2.40. The van der Waals surface area contributed by atoms with Crippen molar-refractivity contribution in [2.75, 3.05) is 13.1 Å². The van der Waals surface area contributed by atoms with E-state index in [1.54, 1.807) is 41.5 Å². The normalized spacial score (nSPS) is 16.7. The average Bonchev–Trinajstić information content (AvgIpc) is 2.27. The van der Waals surface area contributed by atoms with Crippen LogP contribution in [0.5, 0.6) is 0 Å². The van der Waals surface area contributed by atoms with Gasteiger partial charge in [-0.05, 0) is 55.4 Å². The van der Waals surface area contributed by atoms with Crippen LogP contribution < -0.4 is 0 Å². The third kappa shape index (κ3) is 5.24. The second-order valence-electron chi connectivity index (χ2n) is 7.64.